The molecule has 0 unspecified atom stereocenters. The summed E-state index contributed by atoms with van der Waals surface area (Å²) in [5.41, 5.74) is 0.189. The molecule has 4 aromatic rings. The molecule has 0 saturated carbocycles. The van der Waals surface area contributed by atoms with E-state index in [4.69, 9.17) is 4.74 Å². The molecule has 0 bridgehead atoms. The number of carbonyl (C=O) groups is 2. The maximum atomic E-state index is 13.9. The van der Waals surface area contributed by atoms with E-state index in [1.165, 1.54) is 12.3 Å². The Morgan fingerprint density at radius 3 is 2.53 bits per heavy atom. The number of fused-ring (bicyclic) bond motifs is 1. The van der Waals surface area contributed by atoms with Gasteiger partial charge in [-0.15, -0.1) is 11.3 Å². The van der Waals surface area contributed by atoms with Gasteiger partial charge in [0.25, 0.3) is 5.91 Å². The van der Waals surface area contributed by atoms with Crippen molar-refractivity contribution in [3.63, 3.8) is 0 Å². The smallest absolute Gasteiger partial charge is 0.379 e. The molecule has 0 atom stereocenters. The number of thiazole rings is 1. The lowest BCUT2D eigenvalue weighted by atomic mass is 9.99. The van der Waals surface area contributed by atoms with Crippen molar-refractivity contribution in [3.8, 4) is 21.7 Å². The van der Waals surface area contributed by atoms with Gasteiger partial charge in [-0.1, -0.05) is 6.07 Å². The number of pyridine rings is 2. The highest BCUT2D eigenvalue weighted by Crippen LogP contribution is 2.39. The van der Waals surface area contributed by atoms with Crippen LogP contribution in [0.15, 0.2) is 46.8 Å². The van der Waals surface area contributed by atoms with Crippen LogP contribution in [0.4, 0.5) is 23.8 Å². The zero-order valence-electron chi connectivity index (χ0n) is 27.7. The molecule has 4 heterocycles. The van der Waals surface area contributed by atoms with E-state index in [2.05, 4.69) is 30.8 Å². The zero-order valence-corrected chi connectivity index (χ0v) is 28.5. The second kappa shape index (κ2) is 15.4. The molecule has 3 aromatic heterocycles. The van der Waals surface area contributed by atoms with Gasteiger partial charge < -0.3 is 24.8 Å². The number of nitrogens with zero attached hydrogens (tertiary/aromatic N) is 5. The van der Waals surface area contributed by atoms with E-state index in [1.54, 1.807) is 38.2 Å². The molecule has 0 radical (unpaired) electrons. The number of aromatic nitrogens is 3. The number of nitrogens with one attached hydrogen (secondary N) is 3. The lowest BCUT2D eigenvalue weighted by molar-refractivity contribution is -0.140. The number of hydrogen-bond donors (Lipinski definition) is 3. The normalized spacial score (nSPS) is 14.1. The fourth-order valence-corrected chi connectivity index (χ4v) is 6.20. The maximum absolute atomic E-state index is 13.9. The number of alkyl halides is 3. The molecule has 1 fully saturated rings. The third kappa shape index (κ3) is 9.00. The van der Waals surface area contributed by atoms with Crippen LogP contribution in [0.1, 0.15) is 29.9 Å². The molecule has 49 heavy (non-hydrogen) atoms. The fraction of sp³-hybridized carbons (Fsp3) is 0.424. The molecule has 3 amide bonds. The van der Waals surface area contributed by atoms with Gasteiger partial charge in [0, 0.05) is 79.6 Å². The minimum atomic E-state index is -4.65. The first-order valence-corrected chi connectivity index (χ1v) is 16.7. The number of anilines is 1. The van der Waals surface area contributed by atoms with Gasteiger partial charge in [-0.25, -0.2) is 14.8 Å². The Hall–Kier alpha value is -4.38. The molecule has 3 N–H and O–H groups in total. The van der Waals surface area contributed by atoms with Gasteiger partial charge in [-0.05, 0) is 51.7 Å². The van der Waals surface area contributed by atoms with Crippen molar-refractivity contribution in [3.05, 3.63) is 63.5 Å². The summed E-state index contributed by atoms with van der Waals surface area (Å²) in [5, 5.41) is 9.35. The van der Waals surface area contributed by atoms with Crippen molar-refractivity contribution in [2.75, 3.05) is 65.3 Å². The third-order valence-electron chi connectivity index (χ3n) is 7.83. The Kier molecular flexibility index (Phi) is 11.3. The van der Waals surface area contributed by atoms with E-state index in [1.807, 2.05) is 23.6 Å². The molecule has 1 aromatic carbocycles. The number of benzene rings is 1. The molecule has 5 rings (SSSR count). The van der Waals surface area contributed by atoms with E-state index >= 15 is 0 Å². The van der Waals surface area contributed by atoms with Crippen LogP contribution in [0.3, 0.4) is 0 Å². The summed E-state index contributed by atoms with van der Waals surface area (Å²) in [4.78, 5) is 52.0. The Morgan fingerprint density at radius 1 is 1.10 bits per heavy atom. The summed E-state index contributed by atoms with van der Waals surface area (Å²) in [6, 6.07) is 5.89. The molecule has 1 aliphatic heterocycles. The standard InChI is InChI=1S/C33H39F3N8O4S/c1-20(2)39-32(47)41-28-16-22(31-40-27(19-49-31)33(34,35)36)24(17-38-28)21-5-6-26-23(15-21)29(45)25(30(46)37-7-8-42(3)4)18-44(26)10-9-43-11-13-48-14-12-43/h5-6,15-20H,7-14H2,1-4H3,(H,37,46)(H2,38,39,41,47). The number of halogens is 3. The molecule has 0 spiro atoms. The number of ether oxygens (including phenoxy) is 1. The molecular formula is C33H39F3N8O4S. The fourth-order valence-electron chi connectivity index (χ4n) is 5.35. The molecule has 262 valence electrons. The van der Waals surface area contributed by atoms with Gasteiger partial charge in [0.05, 0.1) is 18.7 Å². The number of urea groups is 1. The van der Waals surface area contributed by atoms with Gasteiger partial charge >= 0.3 is 12.2 Å². The average Bonchev–Trinajstić information content (AvgIpc) is 3.56. The van der Waals surface area contributed by atoms with E-state index in [0.717, 1.165) is 29.8 Å². The highest BCUT2D eigenvalue weighted by atomic mass is 32.1. The van der Waals surface area contributed by atoms with E-state index < -0.39 is 29.2 Å². The van der Waals surface area contributed by atoms with Crippen LogP contribution in [0, 0.1) is 0 Å². The monoisotopic (exact) mass is 700 g/mol. The summed E-state index contributed by atoms with van der Waals surface area (Å²) in [7, 11) is 3.76. The zero-order chi connectivity index (χ0) is 35.3. The lowest BCUT2D eigenvalue weighted by Crippen LogP contribution is -2.38. The SMILES string of the molecule is CC(C)NC(=O)Nc1cc(-c2nc(C(F)(F)F)cs2)c(-c2ccc3c(c2)c(=O)c(C(=O)NCCN(C)C)cn3CCN2CCOCC2)cn1. The van der Waals surface area contributed by atoms with Crippen LogP contribution >= 0.6 is 11.3 Å². The van der Waals surface area contributed by atoms with Crippen molar-refractivity contribution in [1.82, 2.24) is 35.0 Å². The van der Waals surface area contributed by atoms with Crippen molar-refractivity contribution >= 4 is 40.0 Å². The predicted molar refractivity (Wildman–Crippen MR) is 183 cm³/mol. The van der Waals surface area contributed by atoms with Crippen LogP contribution in [-0.4, -0.2) is 102 Å². The van der Waals surface area contributed by atoms with E-state index in [0.29, 0.717) is 56.0 Å². The Morgan fingerprint density at radius 2 is 1.86 bits per heavy atom. The maximum Gasteiger partial charge on any atom is 0.434 e. The van der Waals surface area contributed by atoms with Crippen LogP contribution < -0.4 is 21.4 Å². The van der Waals surface area contributed by atoms with Crippen LogP contribution in [0.2, 0.25) is 0 Å². The van der Waals surface area contributed by atoms with Gasteiger partial charge in [0.15, 0.2) is 5.69 Å². The summed E-state index contributed by atoms with van der Waals surface area (Å²) >= 11 is 0.799. The number of rotatable bonds is 11. The topological polar surface area (TPSA) is 134 Å². The Bertz CT molecular complexity index is 1870. The summed E-state index contributed by atoms with van der Waals surface area (Å²) in [6.07, 6.45) is -1.65. The molecular weight excluding hydrogens is 661 g/mol. The number of carbonyl (C=O) groups excluding carboxylic acids is 2. The van der Waals surface area contributed by atoms with Crippen molar-refractivity contribution in [2.45, 2.75) is 32.6 Å². The first kappa shape index (κ1) is 35.9. The summed E-state index contributed by atoms with van der Waals surface area (Å²) in [5.74, 6) is -0.400. The van der Waals surface area contributed by atoms with Crippen LogP contribution in [-0.2, 0) is 17.5 Å². The lowest BCUT2D eigenvalue weighted by Gasteiger charge is -2.27. The van der Waals surface area contributed by atoms with Crippen LogP contribution in [0.25, 0.3) is 32.6 Å². The van der Waals surface area contributed by atoms with E-state index in [-0.39, 0.29) is 33.4 Å². The predicted octanol–water partition coefficient (Wildman–Crippen LogP) is 4.36. The molecule has 12 nitrogen and oxygen atoms in total. The van der Waals surface area contributed by atoms with Crippen molar-refractivity contribution in [2.24, 2.45) is 0 Å². The minimum absolute atomic E-state index is 0.0193. The number of morpholine rings is 1. The number of amides is 3. The molecule has 1 aliphatic rings. The quantitative estimate of drug-likeness (QED) is 0.210. The first-order valence-electron chi connectivity index (χ1n) is 15.8. The van der Waals surface area contributed by atoms with Gasteiger partial charge in [-0.3, -0.25) is 19.8 Å². The second-order valence-electron chi connectivity index (χ2n) is 12.2. The molecule has 0 aliphatic carbocycles. The Labute approximate surface area is 285 Å². The van der Waals surface area contributed by atoms with Gasteiger partial charge in [0.2, 0.25) is 5.43 Å². The number of hydrogen-bond acceptors (Lipinski definition) is 9. The Balaban J connectivity index is 1.60. The van der Waals surface area contributed by atoms with Crippen molar-refractivity contribution < 1.29 is 27.5 Å². The second-order valence-corrected chi connectivity index (χ2v) is 13.1. The van der Waals surface area contributed by atoms with Crippen molar-refractivity contribution in [1.29, 1.82) is 0 Å². The molecule has 1 saturated heterocycles. The largest absolute Gasteiger partial charge is 0.434 e. The number of likely N-dealkylation sites (N-methyl/N-ethyl adjacent to an activating group) is 1. The minimum Gasteiger partial charge on any atom is -0.379 e. The highest BCUT2D eigenvalue weighted by Gasteiger charge is 2.34. The van der Waals surface area contributed by atoms with Gasteiger partial charge in [0.1, 0.15) is 16.4 Å². The van der Waals surface area contributed by atoms with E-state index in [9.17, 15) is 27.6 Å². The third-order valence-corrected chi connectivity index (χ3v) is 8.71. The summed E-state index contributed by atoms with van der Waals surface area (Å²) < 4.78 is 48.0. The highest BCUT2D eigenvalue weighted by molar-refractivity contribution is 7.13. The van der Waals surface area contributed by atoms with Crippen LogP contribution in [0.5, 0.6) is 0 Å². The summed E-state index contributed by atoms with van der Waals surface area (Å²) in [6.45, 7) is 8.46. The molecule has 16 heteroatoms. The van der Waals surface area contributed by atoms with Gasteiger partial charge in [-0.2, -0.15) is 13.2 Å². The average molecular weight is 701 g/mol. The first-order chi connectivity index (χ1) is 23.3.